The highest BCUT2D eigenvalue weighted by atomic mass is 32.2. The molecule has 0 bridgehead atoms. The number of carbonyl (C=O) groups excluding carboxylic acids is 1. The van der Waals surface area contributed by atoms with Crippen LogP contribution in [-0.4, -0.2) is 38.7 Å². The number of rotatable bonds is 8. The molecule has 3 aromatic carbocycles. The Bertz CT molecular complexity index is 1430. The van der Waals surface area contributed by atoms with E-state index >= 15 is 0 Å². The molecule has 4 aromatic rings. The smallest absolute Gasteiger partial charge is 0.338 e. The van der Waals surface area contributed by atoms with Crippen molar-refractivity contribution in [2.24, 2.45) is 0 Å². The SMILES string of the molecule is COc1ccc(N(C)S(=O)(=O)c2cccc(C(=O)OCc3nc(-c4ccc(C)cc4)no3)c2)cc1. The maximum Gasteiger partial charge on any atom is 0.338 e. The molecule has 1 aromatic heterocycles. The number of hydrogen-bond acceptors (Lipinski definition) is 8. The second-order valence-corrected chi connectivity index (χ2v) is 9.62. The Morgan fingerprint density at radius 3 is 2.43 bits per heavy atom. The topological polar surface area (TPSA) is 112 Å². The second-order valence-electron chi connectivity index (χ2n) is 7.65. The Morgan fingerprint density at radius 1 is 1.03 bits per heavy atom. The summed E-state index contributed by atoms with van der Waals surface area (Å²) in [6.07, 6.45) is 0. The normalized spacial score (nSPS) is 11.2. The number of methoxy groups -OCH3 is 1. The van der Waals surface area contributed by atoms with Crippen LogP contribution in [0.25, 0.3) is 11.4 Å². The van der Waals surface area contributed by atoms with Gasteiger partial charge in [0.25, 0.3) is 15.9 Å². The van der Waals surface area contributed by atoms with Gasteiger partial charge in [-0.2, -0.15) is 4.98 Å². The van der Waals surface area contributed by atoms with Crippen LogP contribution in [0.4, 0.5) is 5.69 Å². The summed E-state index contributed by atoms with van der Waals surface area (Å²) in [5.74, 6) is 0.392. The van der Waals surface area contributed by atoms with Gasteiger partial charge in [0.15, 0.2) is 6.61 Å². The van der Waals surface area contributed by atoms with Crippen molar-refractivity contribution < 1.29 is 27.2 Å². The minimum absolute atomic E-state index is 0.0512. The van der Waals surface area contributed by atoms with Crippen LogP contribution in [0.1, 0.15) is 21.8 Å². The van der Waals surface area contributed by atoms with Gasteiger partial charge in [0.05, 0.1) is 23.3 Å². The lowest BCUT2D eigenvalue weighted by Crippen LogP contribution is -2.26. The van der Waals surface area contributed by atoms with E-state index in [0.717, 1.165) is 15.4 Å². The fraction of sp³-hybridized carbons (Fsp3) is 0.160. The summed E-state index contributed by atoms with van der Waals surface area (Å²) in [5, 5.41) is 3.90. The fourth-order valence-corrected chi connectivity index (χ4v) is 4.46. The van der Waals surface area contributed by atoms with E-state index in [4.69, 9.17) is 14.0 Å². The first-order valence-corrected chi connectivity index (χ1v) is 12.0. The zero-order chi connectivity index (χ0) is 25.0. The summed E-state index contributed by atoms with van der Waals surface area (Å²) in [6.45, 7) is 1.72. The van der Waals surface area contributed by atoms with Gasteiger partial charge in [-0.05, 0) is 49.4 Å². The first kappa shape index (κ1) is 24.0. The van der Waals surface area contributed by atoms with Crippen molar-refractivity contribution in [3.05, 3.63) is 89.8 Å². The predicted molar refractivity (Wildman–Crippen MR) is 129 cm³/mol. The van der Waals surface area contributed by atoms with Crippen LogP contribution < -0.4 is 9.04 Å². The molecule has 0 spiro atoms. The van der Waals surface area contributed by atoms with E-state index < -0.39 is 16.0 Å². The van der Waals surface area contributed by atoms with Crippen molar-refractivity contribution in [2.75, 3.05) is 18.5 Å². The third kappa shape index (κ3) is 5.33. The quantitative estimate of drug-likeness (QED) is 0.335. The van der Waals surface area contributed by atoms with E-state index in [9.17, 15) is 13.2 Å². The predicted octanol–water partition coefficient (Wildman–Crippen LogP) is 4.24. The molecule has 0 aliphatic rings. The molecule has 0 saturated carbocycles. The zero-order valence-corrected chi connectivity index (χ0v) is 20.2. The lowest BCUT2D eigenvalue weighted by molar-refractivity contribution is 0.0429. The van der Waals surface area contributed by atoms with Crippen LogP contribution >= 0.6 is 0 Å². The van der Waals surface area contributed by atoms with Crippen molar-refractivity contribution in [2.45, 2.75) is 18.4 Å². The number of aromatic nitrogens is 2. The monoisotopic (exact) mass is 493 g/mol. The van der Waals surface area contributed by atoms with E-state index in [1.807, 2.05) is 31.2 Å². The summed E-state index contributed by atoms with van der Waals surface area (Å²) in [5.41, 5.74) is 2.40. The number of sulfonamides is 1. The van der Waals surface area contributed by atoms with Crippen LogP contribution in [0.3, 0.4) is 0 Å². The van der Waals surface area contributed by atoms with E-state index in [-0.39, 0.29) is 23.0 Å². The van der Waals surface area contributed by atoms with Gasteiger partial charge in [0.1, 0.15) is 5.75 Å². The summed E-state index contributed by atoms with van der Waals surface area (Å²) < 4.78 is 42.9. The van der Waals surface area contributed by atoms with Crippen LogP contribution in [0.5, 0.6) is 5.75 Å². The number of benzene rings is 3. The van der Waals surface area contributed by atoms with Gasteiger partial charge in [0, 0.05) is 12.6 Å². The van der Waals surface area contributed by atoms with E-state index in [1.54, 1.807) is 24.3 Å². The molecule has 0 radical (unpaired) electrons. The Morgan fingerprint density at radius 2 is 1.74 bits per heavy atom. The van der Waals surface area contributed by atoms with Gasteiger partial charge in [-0.1, -0.05) is 41.1 Å². The number of anilines is 1. The Kier molecular flexibility index (Phi) is 6.83. The lowest BCUT2D eigenvalue weighted by Gasteiger charge is -2.20. The molecule has 0 aliphatic heterocycles. The van der Waals surface area contributed by atoms with Gasteiger partial charge in [-0.3, -0.25) is 4.31 Å². The van der Waals surface area contributed by atoms with Crippen LogP contribution in [0.2, 0.25) is 0 Å². The van der Waals surface area contributed by atoms with Crippen molar-refractivity contribution in [3.63, 3.8) is 0 Å². The molecule has 0 N–H and O–H groups in total. The van der Waals surface area contributed by atoms with Gasteiger partial charge in [-0.25, -0.2) is 13.2 Å². The van der Waals surface area contributed by atoms with Gasteiger partial charge < -0.3 is 14.0 Å². The van der Waals surface area contributed by atoms with E-state index in [2.05, 4.69) is 10.1 Å². The largest absolute Gasteiger partial charge is 0.497 e. The minimum Gasteiger partial charge on any atom is -0.497 e. The highest BCUT2D eigenvalue weighted by Gasteiger charge is 2.23. The molecule has 9 nitrogen and oxygen atoms in total. The lowest BCUT2D eigenvalue weighted by atomic mass is 10.1. The van der Waals surface area contributed by atoms with Crippen molar-refractivity contribution in [3.8, 4) is 17.1 Å². The number of hydrogen-bond donors (Lipinski definition) is 0. The average molecular weight is 494 g/mol. The van der Waals surface area contributed by atoms with Crippen molar-refractivity contribution in [1.82, 2.24) is 10.1 Å². The number of ether oxygens (including phenoxy) is 2. The number of esters is 1. The summed E-state index contributed by atoms with van der Waals surface area (Å²) >= 11 is 0. The van der Waals surface area contributed by atoms with Crippen LogP contribution in [-0.2, 0) is 21.4 Å². The third-order valence-electron chi connectivity index (χ3n) is 5.27. The maximum atomic E-state index is 13.1. The highest BCUT2D eigenvalue weighted by Crippen LogP contribution is 2.25. The fourth-order valence-electron chi connectivity index (χ4n) is 3.22. The van der Waals surface area contributed by atoms with Crippen LogP contribution in [0.15, 0.2) is 82.2 Å². The molecule has 4 rings (SSSR count). The molecule has 0 fully saturated rings. The van der Waals surface area contributed by atoms with Crippen molar-refractivity contribution >= 4 is 21.7 Å². The molecule has 180 valence electrons. The highest BCUT2D eigenvalue weighted by molar-refractivity contribution is 7.92. The maximum absolute atomic E-state index is 13.1. The molecule has 0 amide bonds. The van der Waals surface area contributed by atoms with Gasteiger partial charge in [0.2, 0.25) is 5.82 Å². The summed E-state index contributed by atoms with van der Waals surface area (Å²) in [6, 6.07) is 19.8. The molecule has 0 atom stereocenters. The second kappa shape index (κ2) is 9.98. The van der Waals surface area contributed by atoms with Gasteiger partial charge in [-0.15, -0.1) is 0 Å². The molecule has 0 unspecified atom stereocenters. The average Bonchev–Trinajstić information content (AvgIpc) is 3.36. The molecule has 10 heteroatoms. The standard InChI is InChI=1S/C25H23N3O6S/c1-17-7-9-18(10-8-17)24-26-23(34-27-24)16-33-25(29)19-5-4-6-22(15-19)35(30,31)28(2)20-11-13-21(32-3)14-12-20/h4-15H,16H2,1-3H3. The number of aryl methyl sites for hydroxylation is 1. The molecule has 0 aliphatic carbocycles. The van der Waals surface area contributed by atoms with E-state index in [1.165, 1.54) is 38.4 Å². The minimum atomic E-state index is -3.92. The Hall–Kier alpha value is -4.18. The van der Waals surface area contributed by atoms with Gasteiger partial charge >= 0.3 is 5.97 Å². The summed E-state index contributed by atoms with van der Waals surface area (Å²) in [7, 11) is -0.958. The van der Waals surface area contributed by atoms with Crippen molar-refractivity contribution in [1.29, 1.82) is 0 Å². The molecule has 0 saturated heterocycles. The summed E-state index contributed by atoms with van der Waals surface area (Å²) in [4.78, 5) is 16.8. The first-order chi connectivity index (χ1) is 16.8. The third-order valence-corrected chi connectivity index (χ3v) is 7.05. The number of carbonyl (C=O) groups is 1. The Labute approximate surface area is 203 Å². The molecule has 35 heavy (non-hydrogen) atoms. The zero-order valence-electron chi connectivity index (χ0n) is 19.3. The Balaban J connectivity index is 1.45. The molecular weight excluding hydrogens is 470 g/mol. The number of nitrogens with zero attached hydrogens (tertiary/aromatic N) is 3. The first-order valence-electron chi connectivity index (χ1n) is 10.6. The van der Waals surface area contributed by atoms with Crippen LogP contribution in [0, 0.1) is 6.92 Å². The van der Waals surface area contributed by atoms with E-state index in [0.29, 0.717) is 17.3 Å². The molecule has 1 heterocycles. The molecular formula is C25H23N3O6S.